The first kappa shape index (κ1) is 18.9. The van der Waals surface area contributed by atoms with Crippen molar-refractivity contribution in [2.24, 2.45) is 0 Å². The van der Waals surface area contributed by atoms with Crippen LogP contribution in [0.4, 0.5) is 0 Å². The number of piperidine rings is 1. The Morgan fingerprint density at radius 1 is 0.885 bits per heavy atom. The van der Waals surface area contributed by atoms with E-state index in [0.29, 0.717) is 38.6 Å². The van der Waals surface area contributed by atoms with Gasteiger partial charge < -0.3 is 14.7 Å². The Morgan fingerprint density at radius 3 is 2.15 bits per heavy atom. The molecular formula is C21H31N3O2. The first-order chi connectivity index (χ1) is 12.6. The molecule has 2 amide bonds. The van der Waals surface area contributed by atoms with E-state index in [2.05, 4.69) is 11.8 Å². The zero-order valence-electron chi connectivity index (χ0n) is 15.9. The SMILES string of the molecule is C[C@H](CCC(=O)N1CCN(C(=O)c2ccccc2)CC1)N1CCCCC1. The van der Waals surface area contributed by atoms with Gasteiger partial charge in [-0.05, 0) is 51.4 Å². The molecule has 1 aromatic carbocycles. The summed E-state index contributed by atoms with van der Waals surface area (Å²) in [6.07, 6.45) is 5.46. The number of hydrogen-bond donors (Lipinski definition) is 0. The minimum atomic E-state index is 0.0661. The third-order valence-electron chi connectivity index (χ3n) is 5.73. The van der Waals surface area contributed by atoms with Gasteiger partial charge in [0.05, 0.1) is 0 Å². The minimum absolute atomic E-state index is 0.0661. The van der Waals surface area contributed by atoms with Crippen LogP contribution in [0.5, 0.6) is 0 Å². The van der Waals surface area contributed by atoms with E-state index < -0.39 is 0 Å². The highest BCUT2D eigenvalue weighted by Crippen LogP contribution is 2.16. The van der Waals surface area contributed by atoms with Gasteiger partial charge in [0.25, 0.3) is 5.91 Å². The first-order valence-corrected chi connectivity index (χ1v) is 10.0. The van der Waals surface area contributed by atoms with Crippen molar-refractivity contribution < 1.29 is 9.59 Å². The fraction of sp³-hybridized carbons (Fsp3) is 0.619. The highest BCUT2D eigenvalue weighted by molar-refractivity contribution is 5.94. The number of amides is 2. The number of nitrogens with zero attached hydrogens (tertiary/aromatic N) is 3. The fourth-order valence-corrected chi connectivity index (χ4v) is 3.95. The van der Waals surface area contributed by atoms with Crippen LogP contribution in [0.3, 0.4) is 0 Å². The van der Waals surface area contributed by atoms with E-state index >= 15 is 0 Å². The Morgan fingerprint density at radius 2 is 1.50 bits per heavy atom. The van der Waals surface area contributed by atoms with E-state index in [1.807, 2.05) is 40.1 Å². The quantitative estimate of drug-likeness (QED) is 0.814. The molecule has 0 aromatic heterocycles. The van der Waals surface area contributed by atoms with E-state index in [0.717, 1.165) is 12.0 Å². The van der Waals surface area contributed by atoms with Crippen molar-refractivity contribution in [3.05, 3.63) is 35.9 Å². The summed E-state index contributed by atoms with van der Waals surface area (Å²) in [6.45, 7) is 7.15. The molecule has 5 nitrogen and oxygen atoms in total. The molecule has 26 heavy (non-hydrogen) atoms. The van der Waals surface area contributed by atoms with Crippen LogP contribution < -0.4 is 0 Å². The summed E-state index contributed by atoms with van der Waals surface area (Å²) in [4.78, 5) is 31.3. The van der Waals surface area contributed by atoms with Gasteiger partial charge in [0.15, 0.2) is 0 Å². The van der Waals surface area contributed by atoms with Crippen LogP contribution in [0, 0.1) is 0 Å². The normalized spacial score (nSPS) is 20.0. The van der Waals surface area contributed by atoms with Gasteiger partial charge in [0.2, 0.25) is 5.91 Å². The summed E-state index contributed by atoms with van der Waals surface area (Å²) in [7, 11) is 0. The molecule has 0 bridgehead atoms. The topological polar surface area (TPSA) is 43.9 Å². The number of rotatable bonds is 5. The van der Waals surface area contributed by atoms with Crippen LogP contribution in [0.15, 0.2) is 30.3 Å². The summed E-state index contributed by atoms with van der Waals surface area (Å²) in [5, 5.41) is 0. The molecule has 2 heterocycles. The second-order valence-corrected chi connectivity index (χ2v) is 7.52. The van der Waals surface area contributed by atoms with E-state index in [9.17, 15) is 9.59 Å². The molecule has 2 fully saturated rings. The van der Waals surface area contributed by atoms with Crippen LogP contribution in [0.2, 0.25) is 0 Å². The van der Waals surface area contributed by atoms with E-state index in [1.165, 1.54) is 32.4 Å². The largest absolute Gasteiger partial charge is 0.339 e. The molecule has 0 saturated carbocycles. The minimum Gasteiger partial charge on any atom is -0.339 e. The van der Waals surface area contributed by atoms with Crippen LogP contribution in [0.1, 0.15) is 49.4 Å². The maximum Gasteiger partial charge on any atom is 0.253 e. The smallest absolute Gasteiger partial charge is 0.253 e. The number of hydrogen-bond acceptors (Lipinski definition) is 3. The number of piperazine rings is 1. The monoisotopic (exact) mass is 357 g/mol. The molecule has 0 unspecified atom stereocenters. The number of likely N-dealkylation sites (tertiary alicyclic amines) is 1. The molecule has 2 saturated heterocycles. The van der Waals surface area contributed by atoms with Crippen molar-refractivity contribution >= 4 is 11.8 Å². The van der Waals surface area contributed by atoms with Crippen molar-refractivity contribution in [1.29, 1.82) is 0 Å². The van der Waals surface area contributed by atoms with Gasteiger partial charge in [0, 0.05) is 44.2 Å². The average Bonchev–Trinajstić information content (AvgIpc) is 2.72. The van der Waals surface area contributed by atoms with Gasteiger partial charge in [-0.2, -0.15) is 0 Å². The number of benzene rings is 1. The molecule has 1 atom stereocenters. The summed E-state index contributed by atoms with van der Waals surface area (Å²) >= 11 is 0. The Labute approximate surface area is 156 Å². The van der Waals surface area contributed by atoms with Crippen LogP contribution in [-0.2, 0) is 4.79 Å². The summed E-state index contributed by atoms with van der Waals surface area (Å²) in [6, 6.07) is 9.87. The molecule has 1 aromatic rings. The predicted octanol–water partition coefficient (Wildman–Crippen LogP) is 2.63. The lowest BCUT2D eigenvalue weighted by Gasteiger charge is -2.36. The van der Waals surface area contributed by atoms with Gasteiger partial charge in [-0.3, -0.25) is 9.59 Å². The molecular weight excluding hydrogens is 326 g/mol. The molecule has 2 aliphatic rings. The lowest BCUT2D eigenvalue weighted by molar-refractivity contribution is -0.133. The first-order valence-electron chi connectivity index (χ1n) is 10.0. The highest BCUT2D eigenvalue weighted by atomic mass is 16.2. The lowest BCUT2D eigenvalue weighted by atomic mass is 10.1. The summed E-state index contributed by atoms with van der Waals surface area (Å²) < 4.78 is 0. The molecule has 0 radical (unpaired) electrons. The standard InChI is InChI=1S/C21H31N3O2/c1-18(22-12-6-3-7-13-22)10-11-20(25)23-14-16-24(17-15-23)21(26)19-8-4-2-5-9-19/h2,4-5,8-9,18H,3,6-7,10-17H2,1H3/t18-/m1/s1. The zero-order chi connectivity index (χ0) is 18.4. The van der Waals surface area contributed by atoms with Crippen LogP contribution in [0.25, 0.3) is 0 Å². The second-order valence-electron chi connectivity index (χ2n) is 7.52. The van der Waals surface area contributed by atoms with E-state index in [1.54, 1.807) is 0 Å². The van der Waals surface area contributed by atoms with Crippen LogP contribution in [-0.4, -0.2) is 71.8 Å². The van der Waals surface area contributed by atoms with E-state index in [-0.39, 0.29) is 11.8 Å². The van der Waals surface area contributed by atoms with E-state index in [4.69, 9.17) is 0 Å². The third-order valence-corrected chi connectivity index (χ3v) is 5.73. The van der Waals surface area contributed by atoms with Crippen molar-refractivity contribution in [2.75, 3.05) is 39.3 Å². The van der Waals surface area contributed by atoms with Crippen molar-refractivity contribution in [2.45, 2.75) is 45.1 Å². The van der Waals surface area contributed by atoms with Gasteiger partial charge in [-0.15, -0.1) is 0 Å². The Balaban J connectivity index is 1.41. The average molecular weight is 357 g/mol. The molecule has 0 spiro atoms. The molecule has 5 heteroatoms. The molecule has 3 rings (SSSR count). The molecule has 2 aliphatic heterocycles. The zero-order valence-corrected chi connectivity index (χ0v) is 15.9. The molecule has 0 N–H and O–H groups in total. The van der Waals surface area contributed by atoms with Crippen molar-refractivity contribution in [1.82, 2.24) is 14.7 Å². The molecule has 0 aliphatic carbocycles. The van der Waals surface area contributed by atoms with Gasteiger partial charge in [-0.1, -0.05) is 24.6 Å². The Bertz CT molecular complexity index is 591. The third kappa shape index (κ3) is 4.85. The fourth-order valence-electron chi connectivity index (χ4n) is 3.95. The van der Waals surface area contributed by atoms with Crippen molar-refractivity contribution in [3.63, 3.8) is 0 Å². The Kier molecular flexibility index (Phi) is 6.67. The second kappa shape index (κ2) is 9.17. The molecule has 142 valence electrons. The maximum absolute atomic E-state index is 12.5. The Hall–Kier alpha value is -1.88. The van der Waals surface area contributed by atoms with Gasteiger partial charge in [0.1, 0.15) is 0 Å². The van der Waals surface area contributed by atoms with Crippen molar-refractivity contribution in [3.8, 4) is 0 Å². The maximum atomic E-state index is 12.5. The van der Waals surface area contributed by atoms with Gasteiger partial charge >= 0.3 is 0 Å². The number of carbonyl (C=O) groups is 2. The van der Waals surface area contributed by atoms with Gasteiger partial charge in [-0.25, -0.2) is 0 Å². The summed E-state index contributed by atoms with van der Waals surface area (Å²) in [5.41, 5.74) is 0.725. The highest BCUT2D eigenvalue weighted by Gasteiger charge is 2.25. The summed E-state index contributed by atoms with van der Waals surface area (Å²) in [5.74, 6) is 0.303. The number of carbonyl (C=O) groups excluding carboxylic acids is 2. The van der Waals surface area contributed by atoms with Crippen LogP contribution >= 0.6 is 0 Å². The predicted molar refractivity (Wildman–Crippen MR) is 103 cm³/mol. The lowest BCUT2D eigenvalue weighted by Crippen LogP contribution is -2.50.